The number of benzene rings is 1. The van der Waals surface area contributed by atoms with Crippen LogP contribution in [0.4, 0.5) is 5.69 Å². The molecule has 86 valence electrons. The molecule has 1 rings (SSSR count). The van der Waals surface area contributed by atoms with Crippen molar-refractivity contribution in [1.82, 2.24) is 0 Å². The molecule has 0 fully saturated rings. The summed E-state index contributed by atoms with van der Waals surface area (Å²) in [5.41, 5.74) is 1.74. The number of carboxylic acids is 1. The highest BCUT2D eigenvalue weighted by atomic mass is 16.4. The van der Waals surface area contributed by atoms with E-state index in [2.05, 4.69) is 5.32 Å². The van der Waals surface area contributed by atoms with Gasteiger partial charge in [-0.25, -0.2) is 4.79 Å². The number of carboxylic acid groups (broad SMARTS) is 1. The maximum Gasteiger partial charge on any atom is 0.335 e. The van der Waals surface area contributed by atoms with Crippen molar-refractivity contribution in [2.24, 2.45) is 0 Å². The molecule has 0 atom stereocenters. The van der Waals surface area contributed by atoms with E-state index in [0.29, 0.717) is 5.69 Å². The summed E-state index contributed by atoms with van der Waals surface area (Å²) >= 11 is 0. The van der Waals surface area contributed by atoms with E-state index in [9.17, 15) is 9.59 Å². The van der Waals surface area contributed by atoms with Gasteiger partial charge in [-0.05, 0) is 24.1 Å². The Morgan fingerprint density at radius 1 is 1.38 bits per heavy atom. The number of carbonyl (C=O) groups excluding carboxylic acids is 1. The summed E-state index contributed by atoms with van der Waals surface area (Å²) in [6.45, 7) is 3.44. The maximum atomic E-state index is 11.0. The van der Waals surface area contributed by atoms with E-state index in [4.69, 9.17) is 5.11 Å². The number of anilines is 1. The lowest BCUT2D eigenvalue weighted by Gasteiger charge is -2.10. The lowest BCUT2D eigenvalue weighted by molar-refractivity contribution is -0.114. The Morgan fingerprint density at radius 3 is 2.56 bits per heavy atom. The summed E-state index contributed by atoms with van der Waals surface area (Å²) in [5, 5.41) is 11.5. The second-order valence-electron chi connectivity index (χ2n) is 3.61. The summed E-state index contributed by atoms with van der Waals surface area (Å²) in [4.78, 5) is 21.8. The first-order valence-electron chi connectivity index (χ1n) is 5.18. The fourth-order valence-corrected chi connectivity index (χ4v) is 1.50. The van der Waals surface area contributed by atoms with Gasteiger partial charge in [0.25, 0.3) is 0 Å². The molecule has 0 saturated carbocycles. The van der Waals surface area contributed by atoms with E-state index in [0.717, 1.165) is 18.4 Å². The summed E-state index contributed by atoms with van der Waals surface area (Å²) < 4.78 is 0. The molecule has 16 heavy (non-hydrogen) atoms. The minimum atomic E-state index is -0.991. The molecule has 0 aliphatic rings. The summed E-state index contributed by atoms with van der Waals surface area (Å²) in [7, 11) is 0. The quantitative estimate of drug-likeness (QED) is 0.819. The zero-order chi connectivity index (χ0) is 12.1. The number of aryl methyl sites for hydroxylation is 1. The number of amides is 1. The van der Waals surface area contributed by atoms with Crippen LogP contribution in [0, 0.1) is 0 Å². The molecule has 0 heterocycles. The summed E-state index contributed by atoms with van der Waals surface area (Å²) in [6, 6.07) is 4.80. The van der Waals surface area contributed by atoms with Crippen LogP contribution in [-0.2, 0) is 11.2 Å². The molecule has 0 radical (unpaired) electrons. The summed E-state index contributed by atoms with van der Waals surface area (Å²) in [5.74, 6) is -1.19. The molecule has 1 aromatic carbocycles. The van der Waals surface area contributed by atoms with Gasteiger partial charge < -0.3 is 10.4 Å². The van der Waals surface area contributed by atoms with E-state index in [1.54, 1.807) is 12.1 Å². The van der Waals surface area contributed by atoms with Crippen LogP contribution in [0.25, 0.3) is 0 Å². The average Bonchev–Trinajstić information content (AvgIpc) is 2.19. The predicted molar refractivity (Wildman–Crippen MR) is 61.7 cm³/mol. The molecule has 0 bridgehead atoms. The minimum absolute atomic E-state index is 0.184. The Balaban J connectivity index is 3.09. The Hall–Kier alpha value is -1.84. The van der Waals surface area contributed by atoms with Crippen LogP contribution >= 0.6 is 0 Å². The third-order valence-corrected chi connectivity index (χ3v) is 2.19. The number of carbonyl (C=O) groups is 2. The van der Waals surface area contributed by atoms with Gasteiger partial charge in [0.05, 0.1) is 5.56 Å². The second kappa shape index (κ2) is 5.30. The molecular weight excluding hydrogens is 206 g/mol. The lowest BCUT2D eigenvalue weighted by atomic mass is 10.0. The van der Waals surface area contributed by atoms with Crippen LogP contribution in [0.3, 0.4) is 0 Å². The van der Waals surface area contributed by atoms with Gasteiger partial charge in [0.2, 0.25) is 5.91 Å². The maximum absolute atomic E-state index is 11.0. The number of nitrogens with one attached hydrogen (secondary N) is 1. The van der Waals surface area contributed by atoms with Crippen molar-refractivity contribution in [2.45, 2.75) is 26.7 Å². The van der Waals surface area contributed by atoms with Crippen molar-refractivity contribution in [1.29, 1.82) is 0 Å². The van der Waals surface area contributed by atoms with Gasteiger partial charge in [-0.2, -0.15) is 0 Å². The van der Waals surface area contributed by atoms with Crippen molar-refractivity contribution < 1.29 is 14.7 Å². The third-order valence-electron chi connectivity index (χ3n) is 2.19. The lowest BCUT2D eigenvalue weighted by Crippen LogP contribution is -2.09. The van der Waals surface area contributed by atoms with Gasteiger partial charge in [-0.1, -0.05) is 19.4 Å². The molecule has 2 N–H and O–H groups in total. The van der Waals surface area contributed by atoms with Crippen LogP contribution in [0.15, 0.2) is 18.2 Å². The Labute approximate surface area is 94.3 Å². The van der Waals surface area contributed by atoms with Gasteiger partial charge in [0, 0.05) is 12.6 Å². The topological polar surface area (TPSA) is 66.4 Å². The molecule has 1 aromatic rings. The van der Waals surface area contributed by atoms with Gasteiger partial charge >= 0.3 is 5.97 Å². The molecule has 0 aromatic heterocycles. The van der Waals surface area contributed by atoms with Gasteiger partial charge in [-0.3, -0.25) is 4.79 Å². The first-order valence-corrected chi connectivity index (χ1v) is 5.18. The van der Waals surface area contributed by atoms with Crippen LogP contribution in [0.1, 0.15) is 36.2 Å². The van der Waals surface area contributed by atoms with Crippen molar-refractivity contribution in [3.8, 4) is 0 Å². The van der Waals surface area contributed by atoms with Crippen LogP contribution < -0.4 is 5.32 Å². The van der Waals surface area contributed by atoms with E-state index in [1.807, 2.05) is 6.92 Å². The number of hydrogen-bond acceptors (Lipinski definition) is 2. The Kier molecular flexibility index (Phi) is 4.05. The molecule has 0 aliphatic carbocycles. The zero-order valence-corrected chi connectivity index (χ0v) is 9.41. The smallest absolute Gasteiger partial charge is 0.335 e. The van der Waals surface area contributed by atoms with Gasteiger partial charge in [0.15, 0.2) is 0 Å². The molecule has 4 nitrogen and oxygen atoms in total. The SMILES string of the molecule is CCCc1ccc(C(=O)O)cc1NC(C)=O. The fourth-order valence-electron chi connectivity index (χ4n) is 1.50. The Morgan fingerprint density at radius 2 is 2.06 bits per heavy atom. The van der Waals surface area contributed by atoms with Crippen LogP contribution in [0.5, 0.6) is 0 Å². The first kappa shape index (κ1) is 12.2. The second-order valence-corrected chi connectivity index (χ2v) is 3.61. The van der Waals surface area contributed by atoms with E-state index >= 15 is 0 Å². The monoisotopic (exact) mass is 221 g/mol. The first-order chi connectivity index (χ1) is 7.54. The number of rotatable bonds is 4. The van der Waals surface area contributed by atoms with Gasteiger partial charge in [0.1, 0.15) is 0 Å². The molecule has 0 unspecified atom stereocenters. The third kappa shape index (κ3) is 3.08. The van der Waals surface area contributed by atoms with Crippen LogP contribution in [-0.4, -0.2) is 17.0 Å². The van der Waals surface area contributed by atoms with Crippen molar-refractivity contribution in [3.05, 3.63) is 29.3 Å². The molecule has 1 amide bonds. The van der Waals surface area contributed by atoms with Crippen molar-refractivity contribution >= 4 is 17.6 Å². The molecular formula is C12H15NO3. The van der Waals surface area contributed by atoms with Crippen LogP contribution in [0.2, 0.25) is 0 Å². The Bertz CT molecular complexity index is 413. The standard InChI is InChI=1S/C12H15NO3/c1-3-4-9-5-6-10(12(15)16)7-11(9)13-8(2)14/h5-7H,3-4H2,1-2H3,(H,13,14)(H,15,16). The predicted octanol–water partition coefficient (Wildman–Crippen LogP) is 2.30. The highest BCUT2D eigenvalue weighted by molar-refractivity contribution is 5.93. The van der Waals surface area contributed by atoms with E-state index in [1.165, 1.54) is 13.0 Å². The van der Waals surface area contributed by atoms with E-state index < -0.39 is 5.97 Å². The fraction of sp³-hybridized carbons (Fsp3) is 0.333. The molecule has 4 heteroatoms. The largest absolute Gasteiger partial charge is 0.478 e. The zero-order valence-electron chi connectivity index (χ0n) is 9.41. The normalized spacial score (nSPS) is 9.88. The van der Waals surface area contributed by atoms with Crippen molar-refractivity contribution in [2.75, 3.05) is 5.32 Å². The molecule has 0 saturated heterocycles. The molecule has 0 aliphatic heterocycles. The van der Waals surface area contributed by atoms with Gasteiger partial charge in [-0.15, -0.1) is 0 Å². The molecule has 0 spiro atoms. The highest BCUT2D eigenvalue weighted by Gasteiger charge is 2.08. The summed E-state index contributed by atoms with van der Waals surface area (Å²) in [6.07, 6.45) is 1.76. The van der Waals surface area contributed by atoms with Crippen molar-refractivity contribution in [3.63, 3.8) is 0 Å². The average molecular weight is 221 g/mol. The highest BCUT2D eigenvalue weighted by Crippen LogP contribution is 2.19. The number of hydrogen-bond donors (Lipinski definition) is 2. The van der Waals surface area contributed by atoms with E-state index in [-0.39, 0.29) is 11.5 Å². The number of aromatic carboxylic acids is 1. The minimum Gasteiger partial charge on any atom is -0.478 e.